The first kappa shape index (κ1) is 45.8. The Balaban J connectivity index is 1.24. The number of carbonyl (C=O) groups is 2. The number of fused-ring (bicyclic) bond motifs is 3. The minimum absolute atomic E-state index is 0.0463. The number of phosphoric ester groups is 1. The molecule has 12 nitrogen and oxygen atoms in total. The van der Waals surface area contributed by atoms with Crippen LogP contribution >= 0.6 is 7.82 Å². The molecule has 0 N–H and O–H groups in total. The molecule has 5 aromatic rings. The quantitative estimate of drug-likeness (QED) is 0.0372. The van der Waals surface area contributed by atoms with Gasteiger partial charge in [-0.2, -0.15) is 0 Å². The third kappa shape index (κ3) is 12.3. The molecular weight excluding hydrogens is 824 g/mol. The second kappa shape index (κ2) is 23.0. The largest absolute Gasteiger partial charge is 0.508 e. The Bertz CT molecular complexity index is 2180. The summed E-state index contributed by atoms with van der Waals surface area (Å²) in [4.78, 5) is 28.2. The fraction of sp³-hybridized carbons (Fsp3) is 0.360. The third-order valence-electron chi connectivity index (χ3n) is 10.8. The van der Waals surface area contributed by atoms with E-state index < -0.39 is 50.7 Å². The molecular formula is C50H55O12P. The summed E-state index contributed by atoms with van der Waals surface area (Å²) >= 11 is 0. The summed E-state index contributed by atoms with van der Waals surface area (Å²) in [5.74, 6) is -1.05. The summed E-state index contributed by atoms with van der Waals surface area (Å²) in [7, 11) is -4.40. The average molecular weight is 879 g/mol. The fourth-order valence-corrected chi connectivity index (χ4v) is 8.89. The van der Waals surface area contributed by atoms with E-state index >= 15 is 0 Å². The van der Waals surface area contributed by atoms with E-state index in [1.165, 1.54) is 0 Å². The van der Waals surface area contributed by atoms with Gasteiger partial charge >= 0.3 is 19.9 Å². The van der Waals surface area contributed by atoms with E-state index in [1.54, 1.807) is 30.3 Å². The monoisotopic (exact) mass is 878 g/mol. The lowest BCUT2D eigenvalue weighted by Crippen LogP contribution is -2.62. The van der Waals surface area contributed by atoms with Gasteiger partial charge in [0, 0.05) is 5.92 Å². The standard InChI is InChI=1S/C50H55O12P/c1-3-5-30-57-63(53,58-31-6-4-2)62-49-47(60-48(51)38-24-14-9-15-25-38)46(61-50(52)56-34-43-41-28-18-16-26-39(41)40-27-17-19-29-42(40)43)45(55-33-37-22-12-8-13-23-37)44(59-49)35-54-32-36-20-10-7-11-21-36/h7-29,43-47,49H,3-6,30-35H2,1-2H3/t44-,45+,46+,47-,49?/m1/s1. The molecule has 0 saturated carbocycles. The van der Waals surface area contributed by atoms with Gasteiger partial charge in [0.05, 0.1) is 38.6 Å². The number of hydrogen-bond acceptors (Lipinski definition) is 12. The van der Waals surface area contributed by atoms with E-state index in [-0.39, 0.29) is 51.1 Å². The smallest absolute Gasteiger partial charge is 0.449 e. The van der Waals surface area contributed by atoms with E-state index in [4.69, 9.17) is 42.0 Å². The maximum absolute atomic E-state index is 14.5. The van der Waals surface area contributed by atoms with E-state index in [1.807, 2.05) is 123 Å². The van der Waals surface area contributed by atoms with Crippen LogP contribution in [0.4, 0.5) is 4.79 Å². The SMILES string of the molecule is CCCCOP(=O)(OCCCC)OC1O[C@H](COCc2ccccc2)[C@H](OCc2ccccc2)[C@H](OC(=O)OCC2c3ccccc3-c3ccccc32)[C@H]1OC(=O)c1ccccc1. The van der Waals surface area contributed by atoms with Crippen LogP contribution < -0.4 is 0 Å². The van der Waals surface area contributed by atoms with Gasteiger partial charge in [0.25, 0.3) is 0 Å². The molecule has 1 aliphatic heterocycles. The Morgan fingerprint density at radius 1 is 0.603 bits per heavy atom. The van der Waals surface area contributed by atoms with Crippen molar-refractivity contribution in [3.05, 3.63) is 167 Å². The van der Waals surface area contributed by atoms with Gasteiger partial charge in [-0.25, -0.2) is 14.2 Å². The van der Waals surface area contributed by atoms with Crippen molar-refractivity contribution in [2.24, 2.45) is 0 Å². The number of hydrogen-bond donors (Lipinski definition) is 0. The van der Waals surface area contributed by atoms with Crippen molar-refractivity contribution >= 4 is 19.9 Å². The van der Waals surface area contributed by atoms with Crippen molar-refractivity contribution < 1.29 is 56.1 Å². The predicted octanol–water partition coefficient (Wildman–Crippen LogP) is 10.8. The van der Waals surface area contributed by atoms with Crippen LogP contribution in [0.2, 0.25) is 0 Å². The average Bonchev–Trinajstić information content (AvgIpc) is 3.63. The van der Waals surface area contributed by atoms with Gasteiger partial charge in [-0.05, 0) is 58.4 Å². The van der Waals surface area contributed by atoms with Crippen LogP contribution in [0.25, 0.3) is 11.1 Å². The molecule has 0 radical (unpaired) electrons. The zero-order valence-corrected chi connectivity index (χ0v) is 36.6. The molecule has 0 amide bonds. The number of benzene rings is 5. The molecule has 1 saturated heterocycles. The summed E-state index contributed by atoms with van der Waals surface area (Å²) in [6.07, 6.45) is -5.29. The molecule has 0 aromatic heterocycles. The summed E-state index contributed by atoms with van der Waals surface area (Å²) in [5.41, 5.74) is 6.08. The van der Waals surface area contributed by atoms with Crippen LogP contribution in [0.1, 0.15) is 78.1 Å². The van der Waals surface area contributed by atoms with Crippen molar-refractivity contribution in [2.45, 2.75) is 89.4 Å². The number of phosphoric acid groups is 1. The molecule has 5 aromatic carbocycles. The summed E-state index contributed by atoms with van der Waals surface area (Å²) in [6.45, 7) is 4.18. The van der Waals surface area contributed by atoms with Gasteiger partial charge in [-0.1, -0.05) is 154 Å². The van der Waals surface area contributed by atoms with E-state index in [9.17, 15) is 14.2 Å². The zero-order valence-electron chi connectivity index (χ0n) is 35.7. The summed E-state index contributed by atoms with van der Waals surface area (Å²) < 4.78 is 70.3. The molecule has 0 bridgehead atoms. The second-order valence-corrected chi connectivity index (χ2v) is 17.0. The molecule has 0 spiro atoms. The van der Waals surface area contributed by atoms with Crippen LogP contribution in [-0.2, 0) is 59.8 Å². The van der Waals surface area contributed by atoms with Crippen LogP contribution in [0.3, 0.4) is 0 Å². The van der Waals surface area contributed by atoms with Crippen molar-refractivity contribution in [1.82, 2.24) is 0 Å². The topological polar surface area (TPSA) is 134 Å². The van der Waals surface area contributed by atoms with Gasteiger partial charge in [0.15, 0.2) is 12.2 Å². The van der Waals surface area contributed by atoms with Crippen molar-refractivity contribution in [1.29, 1.82) is 0 Å². The highest BCUT2D eigenvalue weighted by molar-refractivity contribution is 7.48. The maximum Gasteiger partial charge on any atom is 0.508 e. The van der Waals surface area contributed by atoms with Gasteiger partial charge in [0.1, 0.15) is 18.8 Å². The second-order valence-electron chi connectivity index (χ2n) is 15.3. The summed E-state index contributed by atoms with van der Waals surface area (Å²) in [5, 5.41) is 0. The Labute approximate surface area is 369 Å². The molecule has 5 atom stereocenters. The third-order valence-corrected chi connectivity index (χ3v) is 12.3. The Kier molecular flexibility index (Phi) is 16.7. The molecule has 2 aliphatic rings. The Morgan fingerprint density at radius 3 is 1.73 bits per heavy atom. The lowest BCUT2D eigenvalue weighted by atomic mass is 9.98. The minimum Gasteiger partial charge on any atom is -0.449 e. The highest BCUT2D eigenvalue weighted by Gasteiger charge is 2.54. The normalized spacial score (nSPS) is 19.5. The van der Waals surface area contributed by atoms with E-state index in [2.05, 4.69) is 0 Å². The van der Waals surface area contributed by atoms with Crippen LogP contribution in [0.5, 0.6) is 0 Å². The number of carbonyl (C=O) groups excluding carboxylic acids is 2. The number of esters is 1. The first-order chi connectivity index (χ1) is 30.9. The molecule has 7 rings (SSSR count). The van der Waals surface area contributed by atoms with Crippen molar-refractivity contribution in [2.75, 3.05) is 26.4 Å². The van der Waals surface area contributed by atoms with E-state index in [0.717, 1.165) is 46.2 Å². The van der Waals surface area contributed by atoms with Gasteiger partial charge < -0.3 is 28.4 Å². The van der Waals surface area contributed by atoms with Crippen LogP contribution in [0, 0.1) is 0 Å². The first-order valence-corrected chi connectivity index (χ1v) is 23.1. The Morgan fingerprint density at radius 2 is 1.14 bits per heavy atom. The molecule has 13 heteroatoms. The van der Waals surface area contributed by atoms with Crippen molar-refractivity contribution in [3.63, 3.8) is 0 Å². The predicted molar refractivity (Wildman–Crippen MR) is 236 cm³/mol. The van der Waals surface area contributed by atoms with Crippen molar-refractivity contribution in [3.8, 4) is 11.1 Å². The molecule has 63 heavy (non-hydrogen) atoms. The van der Waals surface area contributed by atoms with Gasteiger partial charge in [0.2, 0.25) is 6.29 Å². The lowest BCUT2D eigenvalue weighted by Gasteiger charge is -2.44. The maximum atomic E-state index is 14.5. The molecule has 332 valence electrons. The molecule has 1 fully saturated rings. The minimum atomic E-state index is -4.40. The first-order valence-electron chi connectivity index (χ1n) is 21.6. The van der Waals surface area contributed by atoms with E-state index in [0.29, 0.717) is 12.8 Å². The highest BCUT2D eigenvalue weighted by Crippen LogP contribution is 2.53. The highest BCUT2D eigenvalue weighted by atomic mass is 31.2. The Hall–Kier alpha value is -5.17. The molecule has 1 heterocycles. The lowest BCUT2D eigenvalue weighted by molar-refractivity contribution is -0.293. The number of rotatable bonds is 22. The fourth-order valence-electron chi connectivity index (χ4n) is 7.56. The number of unbranched alkanes of at least 4 members (excludes halogenated alkanes) is 2. The summed E-state index contributed by atoms with van der Waals surface area (Å²) in [6, 6.07) is 43.3. The van der Waals surface area contributed by atoms with Gasteiger partial charge in [-0.15, -0.1) is 0 Å². The van der Waals surface area contributed by atoms with Crippen LogP contribution in [-0.4, -0.2) is 69.3 Å². The molecule has 1 unspecified atom stereocenters. The van der Waals surface area contributed by atoms with Crippen LogP contribution in [0.15, 0.2) is 140 Å². The zero-order chi connectivity index (χ0) is 43.9. The molecule has 1 aliphatic carbocycles. The van der Waals surface area contributed by atoms with Gasteiger partial charge in [-0.3, -0.25) is 13.6 Å². The number of ether oxygens (including phenoxy) is 6.